The first kappa shape index (κ1) is 30.3. The minimum absolute atomic E-state index is 0.00392. The second-order valence-electron chi connectivity index (χ2n) is 11.0. The van der Waals surface area contributed by atoms with Gasteiger partial charge in [0.25, 0.3) is 0 Å². The van der Waals surface area contributed by atoms with Crippen molar-refractivity contribution in [1.82, 2.24) is 21.3 Å². The van der Waals surface area contributed by atoms with Gasteiger partial charge in [0.15, 0.2) is 0 Å². The van der Waals surface area contributed by atoms with Crippen molar-refractivity contribution < 1.29 is 14.4 Å². The highest BCUT2D eigenvalue weighted by Gasteiger charge is 2.26. The number of nitrogens with two attached hydrogens (primary N) is 1. The van der Waals surface area contributed by atoms with Crippen molar-refractivity contribution in [3.05, 3.63) is 0 Å². The van der Waals surface area contributed by atoms with Gasteiger partial charge in [-0.2, -0.15) is 0 Å². The van der Waals surface area contributed by atoms with Crippen LogP contribution in [0.1, 0.15) is 93.9 Å². The van der Waals surface area contributed by atoms with Crippen molar-refractivity contribution in [1.29, 1.82) is 0 Å². The summed E-state index contributed by atoms with van der Waals surface area (Å²) >= 11 is 0. The summed E-state index contributed by atoms with van der Waals surface area (Å²) in [5, 5.41) is 12.6. The largest absolute Gasteiger partial charge is 0.368 e. The molecule has 0 aliphatic heterocycles. The molecule has 0 saturated heterocycles. The summed E-state index contributed by atoms with van der Waals surface area (Å²) in [5.74, 6) is -0.730. The summed E-state index contributed by atoms with van der Waals surface area (Å²) in [5.41, 5.74) is 4.70. The molecule has 0 rings (SSSR count). The molecule has 6 N–H and O–H groups in total. The van der Waals surface area contributed by atoms with Crippen LogP contribution in [0.3, 0.4) is 0 Å². The number of unbranched alkanes of at least 4 members (excludes halogenated alkanes) is 2. The van der Waals surface area contributed by atoms with Crippen LogP contribution in [0.2, 0.25) is 0 Å². The number of carbonyl (C=O) groups is 3. The molecule has 0 fully saturated rings. The monoisotopic (exact) mass is 455 g/mol. The number of amides is 3. The van der Waals surface area contributed by atoms with Crippen LogP contribution in [-0.2, 0) is 14.4 Å². The Labute approximate surface area is 195 Å². The molecular formula is C24H49N5O3. The molecule has 8 heteroatoms. The van der Waals surface area contributed by atoms with E-state index in [2.05, 4.69) is 55.9 Å². The Morgan fingerprint density at radius 2 is 1.34 bits per heavy atom. The molecule has 2 unspecified atom stereocenters. The van der Waals surface area contributed by atoms with E-state index in [9.17, 15) is 14.4 Å². The van der Waals surface area contributed by atoms with E-state index in [1.807, 2.05) is 0 Å². The fraction of sp³-hybridized carbons (Fsp3) is 0.875. The van der Waals surface area contributed by atoms with E-state index in [0.29, 0.717) is 31.8 Å². The van der Waals surface area contributed by atoms with E-state index >= 15 is 0 Å². The van der Waals surface area contributed by atoms with Gasteiger partial charge in [0.05, 0.1) is 6.04 Å². The molecular weight excluding hydrogens is 406 g/mol. The van der Waals surface area contributed by atoms with Gasteiger partial charge in [-0.1, -0.05) is 41.0 Å². The third kappa shape index (κ3) is 15.2. The van der Waals surface area contributed by atoms with Gasteiger partial charge in [-0.25, -0.2) is 0 Å². The summed E-state index contributed by atoms with van der Waals surface area (Å²) in [4.78, 5) is 36.5. The molecule has 0 heterocycles. The summed E-state index contributed by atoms with van der Waals surface area (Å²) in [6, 6.07) is -0.455. The first-order valence-electron chi connectivity index (χ1n) is 12.0. The maximum Gasteiger partial charge on any atom is 0.239 e. The molecule has 3 amide bonds. The first-order chi connectivity index (χ1) is 14.6. The van der Waals surface area contributed by atoms with Crippen LogP contribution in [-0.4, -0.2) is 54.5 Å². The average molecular weight is 456 g/mol. The van der Waals surface area contributed by atoms with E-state index in [1.165, 1.54) is 0 Å². The van der Waals surface area contributed by atoms with Crippen LogP contribution in [0, 0.1) is 5.41 Å². The van der Waals surface area contributed by atoms with Gasteiger partial charge in [-0.15, -0.1) is 0 Å². The lowest BCUT2D eigenvalue weighted by atomic mass is 9.94. The molecule has 0 radical (unpaired) electrons. The lowest BCUT2D eigenvalue weighted by molar-refractivity contribution is -0.132. The van der Waals surface area contributed by atoms with Gasteiger partial charge in [-0.05, 0) is 59.4 Å². The molecule has 0 saturated carbocycles. The second-order valence-corrected chi connectivity index (χ2v) is 11.0. The van der Waals surface area contributed by atoms with Gasteiger partial charge in [0.1, 0.15) is 6.04 Å². The topological polar surface area (TPSA) is 125 Å². The number of rotatable bonds is 15. The minimum atomic E-state index is -0.688. The predicted molar refractivity (Wildman–Crippen MR) is 131 cm³/mol. The third-order valence-electron chi connectivity index (χ3n) is 4.94. The van der Waals surface area contributed by atoms with Gasteiger partial charge >= 0.3 is 0 Å². The van der Waals surface area contributed by atoms with Gasteiger partial charge in [0, 0.05) is 23.5 Å². The molecule has 188 valence electrons. The van der Waals surface area contributed by atoms with Crippen LogP contribution in [0.5, 0.6) is 0 Å². The van der Waals surface area contributed by atoms with E-state index in [4.69, 9.17) is 5.73 Å². The van der Waals surface area contributed by atoms with Crippen LogP contribution >= 0.6 is 0 Å². The zero-order valence-corrected chi connectivity index (χ0v) is 21.7. The van der Waals surface area contributed by atoms with E-state index < -0.39 is 17.4 Å². The zero-order chi connectivity index (χ0) is 24.9. The number of primary amides is 1. The Morgan fingerprint density at radius 1 is 0.812 bits per heavy atom. The Hall–Kier alpha value is -1.67. The van der Waals surface area contributed by atoms with Crippen LogP contribution in [0.4, 0.5) is 0 Å². The minimum Gasteiger partial charge on any atom is -0.368 e. The molecule has 8 nitrogen and oxygen atoms in total. The lowest BCUT2D eigenvalue weighted by Crippen LogP contribution is -2.51. The fourth-order valence-electron chi connectivity index (χ4n) is 3.12. The van der Waals surface area contributed by atoms with Crippen molar-refractivity contribution in [2.45, 2.75) is 118 Å². The van der Waals surface area contributed by atoms with Gasteiger partial charge < -0.3 is 27.0 Å². The molecule has 0 aliphatic carbocycles. The lowest BCUT2D eigenvalue weighted by Gasteiger charge is -2.28. The van der Waals surface area contributed by atoms with Crippen molar-refractivity contribution in [3.8, 4) is 0 Å². The Bertz CT molecular complexity index is 579. The second kappa shape index (κ2) is 14.5. The summed E-state index contributed by atoms with van der Waals surface area (Å²) in [6.45, 7) is 17.3. The number of hydrogen-bond donors (Lipinski definition) is 5. The highest BCUT2D eigenvalue weighted by Crippen LogP contribution is 2.14. The Kier molecular flexibility index (Phi) is 13.7. The van der Waals surface area contributed by atoms with E-state index in [-0.39, 0.29) is 23.4 Å². The van der Waals surface area contributed by atoms with Crippen molar-refractivity contribution in [2.75, 3.05) is 13.1 Å². The van der Waals surface area contributed by atoms with Gasteiger partial charge in [0.2, 0.25) is 17.7 Å². The fourth-order valence-corrected chi connectivity index (χ4v) is 3.12. The third-order valence-corrected chi connectivity index (χ3v) is 4.94. The molecule has 0 aliphatic rings. The maximum absolute atomic E-state index is 12.7. The molecule has 0 aromatic heterocycles. The quantitative estimate of drug-likeness (QED) is 0.242. The smallest absolute Gasteiger partial charge is 0.239 e. The van der Waals surface area contributed by atoms with Crippen molar-refractivity contribution >= 4 is 17.7 Å². The molecule has 0 spiro atoms. The summed E-state index contributed by atoms with van der Waals surface area (Å²) in [7, 11) is 0. The van der Waals surface area contributed by atoms with Gasteiger partial charge in [-0.3, -0.25) is 14.4 Å². The normalized spacial score (nSPS) is 14.2. The molecule has 32 heavy (non-hydrogen) atoms. The number of hydrogen-bond acceptors (Lipinski definition) is 5. The predicted octanol–water partition coefficient (Wildman–Crippen LogP) is 2.21. The molecule has 2 atom stereocenters. The number of nitrogens with one attached hydrogen (secondary N) is 4. The van der Waals surface area contributed by atoms with Crippen molar-refractivity contribution in [3.63, 3.8) is 0 Å². The highest BCUT2D eigenvalue weighted by atomic mass is 16.2. The average Bonchev–Trinajstić information content (AvgIpc) is 2.63. The maximum atomic E-state index is 12.7. The molecule has 0 aromatic rings. The standard InChI is InChI=1S/C24H49N5O3/c1-17(2)26-15-11-10-14-19(29-24(6,7)8)21(31)27-16-12-9-13-18(20(25)30)28-22(32)23(3,4)5/h17-19,26,29H,9-16H2,1-8H3,(H2,25,30)(H,27,31)(H,28,32). The highest BCUT2D eigenvalue weighted by molar-refractivity contribution is 5.88. The van der Waals surface area contributed by atoms with Crippen LogP contribution in [0.15, 0.2) is 0 Å². The zero-order valence-electron chi connectivity index (χ0n) is 21.7. The summed E-state index contributed by atoms with van der Waals surface area (Å²) in [6.07, 6.45) is 4.63. The molecule has 0 aromatic carbocycles. The SMILES string of the molecule is CC(C)NCCCCC(NC(C)(C)C)C(=O)NCCCCC(NC(=O)C(C)(C)C)C(N)=O. The van der Waals surface area contributed by atoms with Crippen molar-refractivity contribution in [2.24, 2.45) is 11.1 Å². The van der Waals surface area contributed by atoms with E-state index in [0.717, 1.165) is 25.8 Å². The summed E-state index contributed by atoms with van der Waals surface area (Å²) < 4.78 is 0. The van der Waals surface area contributed by atoms with E-state index in [1.54, 1.807) is 20.8 Å². The Morgan fingerprint density at radius 3 is 1.81 bits per heavy atom. The molecule has 0 bridgehead atoms. The first-order valence-corrected chi connectivity index (χ1v) is 12.0. The van der Waals surface area contributed by atoms with Crippen LogP contribution in [0.25, 0.3) is 0 Å². The Balaban J connectivity index is 4.46. The van der Waals surface area contributed by atoms with Crippen LogP contribution < -0.4 is 27.0 Å². The number of carbonyl (C=O) groups excluding carboxylic acids is 3.